The van der Waals surface area contributed by atoms with Crippen LogP contribution >= 0.6 is 12.6 Å². The first-order valence-corrected chi connectivity index (χ1v) is 17.7. The van der Waals surface area contributed by atoms with Gasteiger partial charge >= 0.3 is 5.91 Å². The van der Waals surface area contributed by atoms with Crippen LogP contribution in [0.4, 0.5) is 8.78 Å². The summed E-state index contributed by atoms with van der Waals surface area (Å²) in [5.41, 5.74) is -1.96. The molecule has 2 saturated heterocycles. The fourth-order valence-electron chi connectivity index (χ4n) is 8.18. The lowest BCUT2D eigenvalue weighted by Gasteiger charge is -2.45. The first kappa shape index (κ1) is 36.8. The van der Waals surface area contributed by atoms with E-state index in [0.29, 0.717) is 31.7 Å². The molecular weight excluding hydrogens is 606 g/mol. The quantitative estimate of drug-likeness (QED) is 0.276. The van der Waals surface area contributed by atoms with Crippen LogP contribution in [0.1, 0.15) is 99.5 Å². The number of likely N-dealkylation sites (N-methyl/N-ethyl adjacent to an activating group) is 2. The zero-order chi connectivity index (χ0) is 34.5. The van der Waals surface area contributed by atoms with Gasteiger partial charge < -0.3 is 10.2 Å². The minimum Gasteiger partial charge on any atom is -0.351 e. The van der Waals surface area contributed by atoms with Crippen LogP contribution in [0.3, 0.4) is 0 Å². The Labute approximate surface area is 280 Å². The smallest absolute Gasteiger partial charge is 0.326 e. The average Bonchev–Trinajstić information content (AvgIpc) is 3.57. The number of thiol groups is 1. The second-order valence-corrected chi connectivity index (χ2v) is 17.1. The largest absolute Gasteiger partial charge is 0.351 e. The van der Waals surface area contributed by atoms with Crippen molar-refractivity contribution in [2.24, 2.45) is 10.8 Å². The second kappa shape index (κ2) is 13.1. The minimum atomic E-state index is -1.30. The molecule has 0 radical (unpaired) electrons. The van der Waals surface area contributed by atoms with E-state index in [1.807, 2.05) is 25.7 Å². The molecule has 1 unspecified atom stereocenters. The number of rotatable bonds is 8. The summed E-state index contributed by atoms with van der Waals surface area (Å²) in [5, 5.41) is 2.96. The van der Waals surface area contributed by atoms with Crippen molar-refractivity contribution in [3.8, 4) is 0 Å². The van der Waals surface area contributed by atoms with E-state index < -0.39 is 28.5 Å². The molecule has 7 nitrogen and oxygen atoms in total. The maximum atomic E-state index is 15.7. The van der Waals surface area contributed by atoms with Gasteiger partial charge in [0.2, 0.25) is 5.91 Å². The Hall–Kier alpha value is -2.04. The third-order valence-electron chi connectivity index (χ3n) is 11.3. The van der Waals surface area contributed by atoms with Crippen molar-refractivity contribution in [1.29, 1.82) is 0 Å². The molecule has 0 aromatic heterocycles. The lowest BCUT2D eigenvalue weighted by molar-refractivity contribution is -0.840. The molecule has 46 heavy (non-hydrogen) atoms. The minimum absolute atomic E-state index is 0.00686. The van der Waals surface area contributed by atoms with E-state index in [-0.39, 0.29) is 63.9 Å². The van der Waals surface area contributed by atoms with E-state index in [9.17, 15) is 14.0 Å². The Morgan fingerprint density at radius 3 is 2.22 bits per heavy atom. The first-order valence-electron chi connectivity index (χ1n) is 17.0. The average molecular weight is 664 g/mol. The number of likely N-dealkylation sites (tertiary alicyclic amines) is 2. The van der Waals surface area contributed by atoms with Crippen LogP contribution < -0.4 is 5.32 Å². The molecule has 3 amide bonds. The maximum absolute atomic E-state index is 15.7. The summed E-state index contributed by atoms with van der Waals surface area (Å²) >= 11 is 4.54. The van der Waals surface area contributed by atoms with Crippen molar-refractivity contribution in [1.82, 2.24) is 15.1 Å². The molecule has 1 aromatic carbocycles. The third-order valence-corrected chi connectivity index (χ3v) is 12.1. The summed E-state index contributed by atoms with van der Waals surface area (Å²) in [4.78, 5) is 47.8. The molecule has 1 aliphatic carbocycles. The zero-order valence-corrected chi connectivity index (χ0v) is 30.4. The van der Waals surface area contributed by atoms with Gasteiger partial charge in [0.25, 0.3) is 5.91 Å². The molecule has 2 aliphatic heterocycles. The molecule has 1 N–H and O–H groups in total. The molecule has 10 heteroatoms. The number of carbonyl (C=O) groups is 3. The van der Waals surface area contributed by atoms with E-state index in [1.54, 1.807) is 7.05 Å². The molecule has 4 atom stereocenters. The molecule has 1 aromatic rings. The number of quaternary nitrogens is 1. The Balaban J connectivity index is 1.83. The molecule has 3 fully saturated rings. The third kappa shape index (κ3) is 6.91. The van der Waals surface area contributed by atoms with Crippen LogP contribution in [0.2, 0.25) is 0 Å². The van der Waals surface area contributed by atoms with Crippen molar-refractivity contribution in [2.75, 3.05) is 39.0 Å². The van der Waals surface area contributed by atoms with Crippen LogP contribution in [0.15, 0.2) is 18.2 Å². The highest BCUT2D eigenvalue weighted by molar-refractivity contribution is 7.80. The maximum Gasteiger partial charge on any atom is 0.326 e. The Kier molecular flexibility index (Phi) is 10.5. The number of hydrogen-bond acceptors (Lipinski definition) is 5. The summed E-state index contributed by atoms with van der Waals surface area (Å²) in [7, 11) is 1.79. The first-order chi connectivity index (χ1) is 21.2. The summed E-state index contributed by atoms with van der Waals surface area (Å²) < 4.78 is 29.7. The summed E-state index contributed by atoms with van der Waals surface area (Å²) in [5.74, 6) is -1.59. The highest BCUT2D eigenvalue weighted by atomic mass is 32.1. The van der Waals surface area contributed by atoms with Crippen LogP contribution in [0.25, 0.3) is 0 Å². The Morgan fingerprint density at radius 1 is 1.07 bits per heavy atom. The fraction of sp³-hybridized carbons (Fsp3) is 0.750. The molecule has 1 saturated carbocycles. The van der Waals surface area contributed by atoms with Crippen LogP contribution in [0.5, 0.6) is 0 Å². The summed E-state index contributed by atoms with van der Waals surface area (Å²) in [6, 6.07) is 2.33. The van der Waals surface area contributed by atoms with E-state index >= 15 is 9.18 Å². The van der Waals surface area contributed by atoms with Crippen LogP contribution in [0, 0.1) is 22.5 Å². The highest BCUT2D eigenvalue weighted by Gasteiger charge is 2.63. The normalized spacial score (nSPS) is 29.1. The lowest BCUT2D eigenvalue weighted by atomic mass is 9.74. The summed E-state index contributed by atoms with van der Waals surface area (Å²) in [6.07, 6.45) is 4.34. The van der Waals surface area contributed by atoms with Gasteiger partial charge in [0.1, 0.15) is 23.6 Å². The molecule has 0 bridgehead atoms. The standard InChI is InChI=1S/C36H56F2N4O3S/c1-10-39-30(43)29-20-26(41(31(44)35(7,8)23-46)25-13-15-34(5,6)16-14-25)21-42(29,9)32(45)36(17-18-40(22-36)33(2,3)4)27-12-11-24(37)19-28(27)38/h11-12,19,25-26,29H,10,13-18,20-23H2,1-9H3,(H-,39,43,46)/p+1/t26-,29-,36+,42?/m0/s1. The molecule has 3 aliphatic rings. The number of carbonyl (C=O) groups excluding carboxylic acids is 3. The zero-order valence-electron chi connectivity index (χ0n) is 29.5. The van der Waals surface area contributed by atoms with Crippen molar-refractivity contribution in [3.63, 3.8) is 0 Å². The van der Waals surface area contributed by atoms with Crippen LogP contribution in [-0.2, 0) is 19.8 Å². The molecule has 4 rings (SSSR count). The highest BCUT2D eigenvalue weighted by Crippen LogP contribution is 2.46. The number of nitrogens with one attached hydrogen (secondary N) is 1. The van der Waals surface area contributed by atoms with Gasteiger partial charge in [0, 0.05) is 55.0 Å². The number of nitrogens with zero attached hydrogens (tertiary/aromatic N) is 3. The summed E-state index contributed by atoms with van der Waals surface area (Å²) in [6.45, 7) is 17.8. The van der Waals surface area contributed by atoms with E-state index in [2.05, 4.69) is 57.5 Å². The predicted octanol–water partition coefficient (Wildman–Crippen LogP) is 5.71. The number of amides is 3. The van der Waals surface area contributed by atoms with Gasteiger partial charge in [0.05, 0.1) is 18.5 Å². The molecule has 2 heterocycles. The molecule has 0 spiro atoms. The Bertz CT molecular complexity index is 1320. The number of benzene rings is 1. The van der Waals surface area contributed by atoms with Crippen molar-refractivity contribution >= 4 is 30.4 Å². The molecule has 258 valence electrons. The van der Waals surface area contributed by atoms with Crippen molar-refractivity contribution in [3.05, 3.63) is 35.4 Å². The van der Waals surface area contributed by atoms with E-state index in [4.69, 9.17) is 0 Å². The number of hydrogen-bond donors (Lipinski definition) is 2. The van der Waals surface area contributed by atoms with Gasteiger partial charge in [-0.15, -0.1) is 0 Å². The second-order valence-electron chi connectivity index (χ2n) is 16.8. The lowest BCUT2D eigenvalue weighted by Crippen LogP contribution is -2.65. The van der Waals surface area contributed by atoms with Gasteiger partial charge in [-0.1, -0.05) is 33.8 Å². The van der Waals surface area contributed by atoms with Gasteiger partial charge in [0.15, 0.2) is 6.04 Å². The monoisotopic (exact) mass is 663 g/mol. The SMILES string of the molecule is CCNC(=O)[C@@H]1C[C@H](N(C(=O)C(C)(C)CS)C2CCC(C)(C)CC2)C[N+]1(C)C(=O)[C@]1(c2ccc(F)cc2F)CCN(C(C)(C)C)C1. The van der Waals surface area contributed by atoms with Crippen molar-refractivity contribution in [2.45, 2.75) is 123 Å². The van der Waals surface area contributed by atoms with E-state index in [1.165, 1.54) is 12.1 Å². The Morgan fingerprint density at radius 2 is 1.70 bits per heavy atom. The van der Waals surface area contributed by atoms with Gasteiger partial charge in [-0.25, -0.2) is 13.6 Å². The van der Waals surface area contributed by atoms with Crippen molar-refractivity contribution < 1.29 is 27.6 Å². The van der Waals surface area contributed by atoms with E-state index in [0.717, 1.165) is 31.7 Å². The van der Waals surface area contributed by atoms with Crippen LogP contribution in [-0.4, -0.2) is 94.6 Å². The predicted molar refractivity (Wildman–Crippen MR) is 181 cm³/mol. The number of halogens is 2. The molecular formula is C36H57F2N4O3S+. The van der Waals surface area contributed by atoms with Gasteiger partial charge in [-0.05, 0) is 71.3 Å². The fourth-order valence-corrected chi connectivity index (χ4v) is 8.32. The topological polar surface area (TPSA) is 69.7 Å². The van der Waals surface area contributed by atoms with Gasteiger partial charge in [-0.3, -0.25) is 19.0 Å². The van der Waals surface area contributed by atoms with Gasteiger partial charge in [-0.2, -0.15) is 12.6 Å².